The van der Waals surface area contributed by atoms with Gasteiger partial charge in [-0.1, -0.05) is 36.0 Å². The van der Waals surface area contributed by atoms with E-state index in [9.17, 15) is 14.7 Å². The van der Waals surface area contributed by atoms with Gasteiger partial charge in [0.15, 0.2) is 6.10 Å². The number of unbranched alkanes of at least 4 members (excludes halogenated alkanes) is 2. The minimum Gasteiger partial charge on any atom is -0.467 e. The monoisotopic (exact) mass is 362 g/mol. The molecule has 26 heavy (non-hydrogen) atoms. The number of ether oxygens (including phenoxy) is 1. The number of hydrogen-bond acceptors (Lipinski definition) is 4. The lowest BCUT2D eigenvalue weighted by Gasteiger charge is -2.12. The topological polar surface area (TPSA) is 63.6 Å². The van der Waals surface area contributed by atoms with Gasteiger partial charge in [0, 0.05) is 12.3 Å². The summed E-state index contributed by atoms with van der Waals surface area (Å²) in [5.74, 6) is 0.171. The van der Waals surface area contributed by atoms with Crippen LogP contribution in [-0.2, 0) is 14.3 Å². The molecule has 4 heteroatoms. The molecule has 0 aliphatic heterocycles. The Labute approximate surface area is 158 Å². The van der Waals surface area contributed by atoms with Gasteiger partial charge in [0.25, 0.3) is 0 Å². The molecule has 1 saturated carbocycles. The number of Topliss-reactive ketones (excluding diaryl/α,β-unsaturated/α-hetero) is 1. The van der Waals surface area contributed by atoms with Crippen molar-refractivity contribution in [1.29, 1.82) is 0 Å². The molecule has 0 spiro atoms. The third-order valence-corrected chi connectivity index (χ3v) is 4.80. The van der Waals surface area contributed by atoms with Gasteiger partial charge in [-0.05, 0) is 64.7 Å². The van der Waals surface area contributed by atoms with Crippen molar-refractivity contribution in [3.8, 4) is 0 Å². The number of allylic oxidation sites excluding steroid dienone is 6. The highest BCUT2D eigenvalue weighted by Crippen LogP contribution is 2.32. The van der Waals surface area contributed by atoms with Crippen LogP contribution < -0.4 is 0 Å². The number of carbonyl (C=O) groups excluding carboxylic acids is 2. The molecule has 146 valence electrons. The molecule has 0 radical (unpaired) electrons. The molecule has 0 aromatic carbocycles. The Hall–Kier alpha value is -1.68. The first-order valence-electron chi connectivity index (χ1n) is 9.69. The molecule has 0 aromatic rings. The van der Waals surface area contributed by atoms with Crippen molar-refractivity contribution in [1.82, 2.24) is 0 Å². The number of esters is 1. The Balaban J connectivity index is 2.34. The van der Waals surface area contributed by atoms with Crippen molar-refractivity contribution in [3.05, 3.63) is 36.0 Å². The molecule has 1 N–H and O–H groups in total. The van der Waals surface area contributed by atoms with Crippen LogP contribution in [0.15, 0.2) is 36.0 Å². The molecule has 0 bridgehead atoms. The predicted molar refractivity (Wildman–Crippen MR) is 105 cm³/mol. The second-order valence-corrected chi connectivity index (χ2v) is 7.24. The second-order valence-electron chi connectivity index (χ2n) is 7.24. The van der Waals surface area contributed by atoms with Crippen LogP contribution in [0.3, 0.4) is 0 Å². The standard InChI is InChI=1S/C22H34O4/c1-17(2)11-7-4-5-8-12-18-15-16-20(23)19(18)13-9-6-10-14-21(24)22(25)26-3/h6,8-9,11-12,18-19,21,24H,4-5,7,10,13-16H2,1-3H3/t18-,19+,21?/m0/s1. The number of ketones is 1. The third kappa shape index (κ3) is 8.61. The number of methoxy groups -OCH3 is 1. The van der Waals surface area contributed by atoms with E-state index >= 15 is 0 Å². The lowest BCUT2D eigenvalue weighted by Crippen LogP contribution is -2.21. The minimum absolute atomic E-state index is 0.0748. The van der Waals surface area contributed by atoms with Crippen LogP contribution in [0.1, 0.15) is 65.2 Å². The number of hydrogen-bond donors (Lipinski definition) is 1. The van der Waals surface area contributed by atoms with Gasteiger partial charge < -0.3 is 9.84 Å². The number of rotatable bonds is 11. The van der Waals surface area contributed by atoms with E-state index in [1.54, 1.807) is 0 Å². The highest BCUT2D eigenvalue weighted by atomic mass is 16.5. The van der Waals surface area contributed by atoms with Crippen LogP contribution in [0.5, 0.6) is 0 Å². The summed E-state index contributed by atoms with van der Waals surface area (Å²) in [6, 6.07) is 0. The average Bonchev–Trinajstić information content (AvgIpc) is 2.96. The van der Waals surface area contributed by atoms with E-state index in [0.29, 0.717) is 31.0 Å². The lowest BCUT2D eigenvalue weighted by atomic mass is 9.91. The summed E-state index contributed by atoms with van der Waals surface area (Å²) in [6.45, 7) is 4.24. The summed E-state index contributed by atoms with van der Waals surface area (Å²) in [6.07, 6.45) is 16.2. The first-order valence-corrected chi connectivity index (χ1v) is 9.69. The van der Waals surface area contributed by atoms with Gasteiger partial charge in [-0.3, -0.25) is 4.79 Å². The zero-order valence-electron chi connectivity index (χ0n) is 16.4. The van der Waals surface area contributed by atoms with Gasteiger partial charge >= 0.3 is 5.97 Å². The number of carbonyl (C=O) groups is 2. The van der Waals surface area contributed by atoms with Crippen LogP contribution in [0, 0.1) is 11.8 Å². The maximum Gasteiger partial charge on any atom is 0.334 e. The average molecular weight is 363 g/mol. The zero-order chi connectivity index (χ0) is 19.4. The van der Waals surface area contributed by atoms with Gasteiger partial charge in [-0.25, -0.2) is 4.79 Å². The second kappa shape index (κ2) is 12.6. The summed E-state index contributed by atoms with van der Waals surface area (Å²) >= 11 is 0. The molecular formula is C22H34O4. The number of aliphatic hydroxyl groups is 1. The van der Waals surface area contributed by atoms with Crippen molar-refractivity contribution < 1.29 is 19.4 Å². The Kier molecular flexibility index (Phi) is 10.9. The van der Waals surface area contributed by atoms with E-state index in [1.807, 2.05) is 12.2 Å². The first-order chi connectivity index (χ1) is 12.5. The van der Waals surface area contributed by atoms with Crippen LogP contribution in [-0.4, -0.2) is 30.1 Å². The first kappa shape index (κ1) is 22.4. The maximum absolute atomic E-state index is 12.1. The fourth-order valence-electron chi connectivity index (χ4n) is 3.24. The molecular weight excluding hydrogens is 328 g/mol. The normalized spacial score (nSPS) is 21.5. The Morgan fingerprint density at radius 1 is 1.23 bits per heavy atom. The van der Waals surface area contributed by atoms with Crippen molar-refractivity contribution in [3.63, 3.8) is 0 Å². The largest absolute Gasteiger partial charge is 0.467 e. The highest BCUT2D eigenvalue weighted by Gasteiger charge is 2.31. The summed E-state index contributed by atoms with van der Waals surface area (Å²) in [5, 5.41) is 9.53. The Bertz CT molecular complexity index is 526. The smallest absolute Gasteiger partial charge is 0.334 e. The lowest BCUT2D eigenvalue weighted by molar-refractivity contribution is -0.150. The Morgan fingerprint density at radius 2 is 2.00 bits per heavy atom. The third-order valence-electron chi connectivity index (χ3n) is 4.80. The summed E-state index contributed by atoms with van der Waals surface area (Å²) in [5.41, 5.74) is 1.36. The van der Waals surface area contributed by atoms with Crippen molar-refractivity contribution >= 4 is 11.8 Å². The molecule has 1 fully saturated rings. The fourth-order valence-corrected chi connectivity index (χ4v) is 3.24. The van der Waals surface area contributed by atoms with Crippen molar-refractivity contribution in [2.24, 2.45) is 11.8 Å². The quantitative estimate of drug-likeness (QED) is 0.333. The molecule has 0 saturated heterocycles. The fraction of sp³-hybridized carbons (Fsp3) is 0.636. The molecule has 3 atom stereocenters. The van der Waals surface area contributed by atoms with E-state index in [1.165, 1.54) is 12.7 Å². The van der Waals surface area contributed by atoms with Gasteiger partial charge in [0.1, 0.15) is 5.78 Å². The maximum atomic E-state index is 12.1. The summed E-state index contributed by atoms with van der Waals surface area (Å²) in [4.78, 5) is 23.2. The highest BCUT2D eigenvalue weighted by molar-refractivity contribution is 5.83. The predicted octanol–water partition coefficient (Wildman–Crippen LogP) is 4.53. The SMILES string of the molecule is COC(=O)C(O)CCC=CC[C@H]1C(=O)CC[C@@H]1C=CCCCC=C(C)C. The van der Waals surface area contributed by atoms with E-state index in [-0.39, 0.29) is 5.92 Å². The molecule has 4 nitrogen and oxygen atoms in total. The minimum atomic E-state index is -1.07. The molecule has 1 rings (SSSR count). The zero-order valence-corrected chi connectivity index (χ0v) is 16.4. The van der Waals surface area contributed by atoms with Crippen molar-refractivity contribution in [2.75, 3.05) is 7.11 Å². The van der Waals surface area contributed by atoms with Crippen LogP contribution >= 0.6 is 0 Å². The molecule has 1 aliphatic rings. The van der Waals surface area contributed by atoms with E-state index in [4.69, 9.17) is 0 Å². The Morgan fingerprint density at radius 3 is 2.69 bits per heavy atom. The van der Waals surface area contributed by atoms with Gasteiger partial charge in [-0.15, -0.1) is 0 Å². The van der Waals surface area contributed by atoms with E-state index in [2.05, 4.69) is 36.8 Å². The number of aliphatic hydroxyl groups excluding tert-OH is 1. The van der Waals surface area contributed by atoms with Crippen LogP contribution in [0.25, 0.3) is 0 Å². The van der Waals surface area contributed by atoms with Gasteiger partial charge in [0.2, 0.25) is 0 Å². The summed E-state index contributed by atoms with van der Waals surface area (Å²) < 4.78 is 4.48. The van der Waals surface area contributed by atoms with E-state index in [0.717, 1.165) is 32.1 Å². The molecule has 0 amide bonds. The van der Waals surface area contributed by atoms with Crippen LogP contribution in [0.4, 0.5) is 0 Å². The van der Waals surface area contributed by atoms with Gasteiger partial charge in [0.05, 0.1) is 7.11 Å². The molecule has 0 heterocycles. The van der Waals surface area contributed by atoms with Crippen LogP contribution in [0.2, 0.25) is 0 Å². The molecule has 1 unspecified atom stereocenters. The van der Waals surface area contributed by atoms with Gasteiger partial charge in [-0.2, -0.15) is 0 Å². The van der Waals surface area contributed by atoms with E-state index < -0.39 is 12.1 Å². The summed E-state index contributed by atoms with van der Waals surface area (Å²) in [7, 11) is 1.27. The molecule has 1 aliphatic carbocycles. The van der Waals surface area contributed by atoms with Crippen molar-refractivity contribution in [2.45, 2.75) is 71.3 Å². The molecule has 0 aromatic heterocycles.